The van der Waals surface area contributed by atoms with Crippen LogP contribution in [0.4, 0.5) is 14.5 Å². The fourth-order valence-electron chi connectivity index (χ4n) is 3.80. The molecule has 1 saturated carbocycles. The lowest BCUT2D eigenvalue weighted by molar-refractivity contribution is 0.102. The molecule has 0 radical (unpaired) electrons. The fourth-order valence-corrected chi connectivity index (χ4v) is 5.19. The average molecular weight is 439 g/mol. The molecule has 3 atom stereocenters. The van der Waals surface area contributed by atoms with Gasteiger partial charge in [0.15, 0.2) is 5.17 Å². The minimum Gasteiger partial charge on any atom is -0.395 e. The Kier molecular flexibility index (Phi) is 5.00. The number of aliphatic hydroxyl groups excluding tert-OH is 1. The van der Waals surface area contributed by atoms with E-state index >= 15 is 0 Å². The highest BCUT2D eigenvalue weighted by molar-refractivity contribution is 8.15. The van der Waals surface area contributed by atoms with Crippen LogP contribution in [-0.4, -0.2) is 39.2 Å². The second kappa shape index (κ2) is 7.23. The zero-order valence-electron chi connectivity index (χ0n) is 15.0. The van der Waals surface area contributed by atoms with Gasteiger partial charge in [0.1, 0.15) is 23.7 Å². The Labute approximate surface area is 174 Å². The number of nitrogens with zero attached hydrogens (tertiary/aromatic N) is 2. The quantitative estimate of drug-likeness (QED) is 0.666. The number of aromatic nitrogens is 1. The number of thioether (sulfide) groups is 1. The summed E-state index contributed by atoms with van der Waals surface area (Å²) in [7, 11) is 0. The summed E-state index contributed by atoms with van der Waals surface area (Å²) in [6.45, 7) is -1.19. The van der Waals surface area contributed by atoms with Gasteiger partial charge >= 0.3 is 0 Å². The fraction of sp³-hybridized carbons (Fsp3) is 0.316. The lowest BCUT2D eigenvalue weighted by atomic mass is 9.84. The van der Waals surface area contributed by atoms with E-state index in [1.165, 1.54) is 42.2 Å². The van der Waals surface area contributed by atoms with Gasteiger partial charge in [-0.05, 0) is 36.8 Å². The van der Waals surface area contributed by atoms with Crippen molar-refractivity contribution in [3.05, 3.63) is 58.6 Å². The minimum atomic E-state index is -1.54. The Bertz CT molecular complexity index is 1010. The van der Waals surface area contributed by atoms with E-state index in [0.717, 1.165) is 6.07 Å². The smallest absolute Gasteiger partial charge is 0.274 e. The summed E-state index contributed by atoms with van der Waals surface area (Å²) >= 11 is 6.97. The number of anilines is 1. The Morgan fingerprint density at radius 2 is 2.21 bits per heavy atom. The molecule has 1 aliphatic carbocycles. The number of hydrogen-bond donors (Lipinski definition) is 3. The molecule has 1 fully saturated rings. The van der Waals surface area contributed by atoms with Gasteiger partial charge in [0.25, 0.3) is 5.91 Å². The second-order valence-corrected chi connectivity index (χ2v) is 8.97. The summed E-state index contributed by atoms with van der Waals surface area (Å²) in [5.41, 5.74) is 4.72. The van der Waals surface area contributed by atoms with E-state index in [4.69, 9.17) is 17.3 Å². The average Bonchev–Trinajstić information content (AvgIpc) is 3.44. The number of carbonyl (C=O) groups is 1. The Hall–Kier alpha value is -2.23. The van der Waals surface area contributed by atoms with Crippen LogP contribution in [0.15, 0.2) is 41.5 Å². The molecule has 4 N–H and O–H groups in total. The molecular formula is C19H17ClF2N4O2S. The number of rotatable bonds is 5. The molecule has 0 spiro atoms. The Morgan fingerprint density at radius 3 is 2.86 bits per heavy atom. The van der Waals surface area contributed by atoms with Crippen LogP contribution in [-0.2, 0) is 5.54 Å². The van der Waals surface area contributed by atoms with E-state index in [1.807, 2.05) is 0 Å². The van der Waals surface area contributed by atoms with Gasteiger partial charge < -0.3 is 16.2 Å². The maximum Gasteiger partial charge on any atom is 0.274 e. The van der Waals surface area contributed by atoms with Gasteiger partial charge in [0.05, 0.1) is 16.4 Å². The van der Waals surface area contributed by atoms with Gasteiger partial charge in [-0.25, -0.2) is 18.8 Å². The molecular weight excluding hydrogens is 422 g/mol. The molecule has 1 aliphatic heterocycles. The molecule has 0 bridgehead atoms. The lowest BCUT2D eigenvalue weighted by Gasteiger charge is -2.34. The van der Waals surface area contributed by atoms with Gasteiger partial charge in [0, 0.05) is 23.4 Å². The molecule has 10 heteroatoms. The summed E-state index contributed by atoms with van der Waals surface area (Å²) in [6.07, 6.45) is 1.80. The van der Waals surface area contributed by atoms with Crippen LogP contribution < -0.4 is 11.1 Å². The van der Waals surface area contributed by atoms with Crippen LogP contribution in [0.2, 0.25) is 5.02 Å². The third kappa shape index (κ3) is 3.37. The minimum absolute atomic E-state index is 0.00885. The van der Waals surface area contributed by atoms with Gasteiger partial charge in [-0.2, -0.15) is 0 Å². The maximum absolute atomic E-state index is 14.8. The number of fused-ring (bicyclic) bond motifs is 1. The first-order valence-electron chi connectivity index (χ1n) is 8.78. The third-order valence-electron chi connectivity index (χ3n) is 5.34. The summed E-state index contributed by atoms with van der Waals surface area (Å²) in [5.74, 6) is -1.58. The van der Waals surface area contributed by atoms with Crippen molar-refractivity contribution in [2.75, 3.05) is 18.6 Å². The van der Waals surface area contributed by atoms with Crippen molar-refractivity contribution >= 4 is 40.1 Å². The van der Waals surface area contributed by atoms with Gasteiger partial charge in [-0.15, -0.1) is 0 Å². The highest BCUT2D eigenvalue weighted by atomic mass is 35.5. The largest absolute Gasteiger partial charge is 0.395 e. The number of nitrogens with one attached hydrogen (secondary N) is 1. The van der Waals surface area contributed by atoms with E-state index in [9.17, 15) is 18.7 Å². The molecule has 1 aromatic carbocycles. The number of amidine groups is 1. The second-order valence-electron chi connectivity index (χ2n) is 7.10. The summed E-state index contributed by atoms with van der Waals surface area (Å²) in [5, 5.41) is 12.9. The molecule has 4 rings (SSSR count). The van der Waals surface area contributed by atoms with Crippen molar-refractivity contribution in [1.82, 2.24) is 4.98 Å². The van der Waals surface area contributed by atoms with Crippen LogP contribution in [0.25, 0.3) is 0 Å². The standard InChI is InChI=1S/C19H17ClF2N4O2S/c20-10-1-4-14(24-7-10)16(28)25-11-2-3-13(22)12(5-11)19(8-21)15-6-18(15,9-27)29-17(23)26-19/h1-5,7,15,27H,6,8-9H2,(H2,23,26)(H,25,28)/t15-,18-,19+/m0/s1. The number of aliphatic hydroxyl groups is 1. The maximum atomic E-state index is 14.8. The zero-order valence-corrected chi connectivity index (χ0v) is 16.6. The summed E-state index contributed by atoms with van der Waals surface area (Å²) < 4.78 is 28.4. The summed E-state index contributed by atoms with van der Waals surface area (Å²) in [6, 6.07) is 6.85. The number of hydrogen-bond acceptors (Lipinski definition) is 6. The highest BCUT2D eigenvalue weighted by Crippen LogP contribution is 2.65. The Balaban J connectivity index is 1.69. The molecule has 152 valence electrons. The third-order valence-corrected chi connectivity index (χ3v) is 6.85. The van der Waals surface area contributed by atoms with Crippen molar-refractivity contribution in [1.29, 1.82) is 0 Å². The number of carbonyl (C=O) groups excluding carboxylic acids is 1. The molecule has 0 saturated heterocycles. The molecule has 6 nitrogen and oxygen atoms in total. The zero-order chi connectivity index (χ0) is 20.8. The monoisotopic (exact) mass is 438 g/mol. The van der Waals surface area contributed by atoms with Crippen molar-refractivity contribution in [3.63, 3.8) is 0 Å². The topological polar surface area (TPSA) is 101 Å². The number of alkyl halides is 1. The van der Waals surface area contributed by atoms with E-state index in [1.54, 1.807) is 0 Å². The number of amides is 1. The van der Waals surface area contributed by atoms with Crippen LogP contribution in [0.5, 0.6) is 0 Å². The molecule has 29 heavy (non-hydrogen) atoms. The summed E-state index contributed by atoms with van der Waals surface area (Å²) in [4.78, 5) is 20.6. The molecule has 2 aliphatic rings. The number of pyridine rings is 1. The van der Waals surface area contributed by atoms with E-state index < -0.39 is 34.6 Å². The van der Waals surface area contributed by atoms with E-state index in [-0.39, 0.29) is 28.7 Å². The number of benzene rings is 1. The van der Waals surface area contributed by atoms with Crippen LogP contribution >= 0.6 is 23.4 Å². The Morgan fingerprint density at radius 1 is 1.41 bits per heavy atom. The normalized spacial score (nSPS) is 27.7. The predicted molar refractivity (Wildman–Crippen MR) is 108 cm³/mol. The van der Waals surface area contributed by atoms with Crippen LogP contribution in [0.1, 0.15) is 22.5 Å². The predicted octanol–water partition coefficient (Wildman–Crippen LogP) is 3.10. The van der Waals surface area contributed by atoms with Crippen LogP contribution in [0.3, 0.4) is 0 Å². The van der Waals surface area contributed by atoms with Crippen molar-refractivity contribution < 1.29 is 18.7 Å². The molecule has 1 amide bonds. The highest BCUT2D eigenvalue weighted by Gasteiger charge is 2.68. The molecule has 0 unspecified atom stereocenters. The SMILES string of the molecule is NC1=N[C@](CF)(c2cc(NC(=O)c3ccc(Cl)cn3)ccc2F)[C@H]2C[C@@]2(CO)S1. The molecule has 2 aromatic rings. The van der Waals surface area contributed by atoms with Gasteiger partial charge in [-0.3, -0.25) is 4.79 Å². The van der Waals surface area contributed by atoms with Crippen LogP contribution in [0, 0.1) is 11.7 Å². The number of nitrogens with two attached hydrogens (primary N) is 1. The first kappa shape index (κ1) is 20.1. The van der Waals surface area contributed by atoms with Crippen molar-refractivity contribution in [2.24, 2.45) is 16.6 Å². The first-order valence-corrected chi connectivity index (χ1v) is 9.97. The van der Waals surface area contributed by atoms with E-state index in [2.05, 4.69) is 15.3 Å². The molecule has 2 heterocycles. The van der Waals surface area contributed by atoms with Gasteiger partial charge in [0.2, 0.25) is 0 Å². The molecule has 1 aromatic heterocycles. The first-order chi connectivity index (χ1) is 13.8. The van der Waals surface area contributed by atoms with Gasteiger partial charge in [-0.1, -0.05) is 23.4 Å². The lowest BCUT2D eigenvalue weighted by Crippen LogP contribution is -2.41. The number of aliphatic imine (C=N–C) groups is 1. The number of halogens is 3. The van der Waals surface area contributed by atoms with Crippen molar-refractivity contribution in [2.45, 2.75) is 16.7 Å². The van der Waals surface area contributed by atoms with Crippen molar-refractivity contribution in [3.8, 4) is 0 Å². The van der Waals surface area contributed by atoms with E-state index in [0.29, 0.717) is 11.4 Å².